The summed E-state index contributed by atoms with van der Waals surface area (Å²) < 4.78 is 16.3. The number of carbonyl (C=O) groups is 3. The zero-order chi connectivity index (χ0) is 17.1. The topological polar surface area (TPSA) is 82.1 Å². The number of carbonyl (C=O) groups excluding carboxylic acids is 3. The van der Waals surface area contributed by atoms with Crippen molar-refractivity contribution >= 4 is 17.5 Å². The molecule has 1 amide bonds. The van der Waals surface area contributed by atoms with E-state index in [2.05, 4.69) is 0 Å². The van der Waals surface area contributed by atoms with Gasteiger partial charge in [-0.05, 0) is 19.1 Å². The fourth-order valence-electron chi connectivity index (χ4n) is 2.79. The first-order valence-electron chi connectivity index (χ1n) is 7.90. The molecule has 2 heterocycles. The fourth-order valence-corrected chi connectivity index (χ4v) is 2.79. The molecule has 0 N–H and O–H groups in total. The molecule has 2 aliphatic rings. The number of benzene rings is 1. The number of morpholine rings is 1. The molecule has 128 valence electrons. The number of hydrogen-bond donors (Lipinski definition) is 0. The number of ketones is 2. The maximum Gasteiger partial charge on any atom is 0.260 e. The molecule has 1 aromatic carbocycles. The van der Waals surface area contributed by atoms with Crippen molar-refractivity contribution in [3.05, 3.63) is 23.3 Å². The summed E-state index contributed by atoms with van der Waals surface area (Å²) in [5, 5.41) is 0. The van der Waals surface area contributed by atoms with E-state index in [0.717, 1.165) is 0 Å². The summed E-state index contributed by atoms with van der Waals surface area (Å²) in [7, 11) is 0. The average Bonchev–Trinajstić information content (AvgIpc) is 2.60. The molecule has 2 aliphatic heterocycles. The Morgan fingerprint density at radius 1 is 1.21 bits per heavy atom. The van der Waals surface area contributed by atoms with Crippen LogP contribution < -0.4 is 9.47 Å². The summed E-state index contributed by atoms with van der Waals surface area (Å²) in [5.74, 6) is 0.0494. The molecule has 1 aromatic rings. The second-order valence-corrected chi connectivity index (χ2v) is 5.68. The summed E-state index contributed by atoms with van der Waals surface area (Å²) in [6.07, 6.45) is 0.224. The fraction of sp³-hybridized carbons (Fsp3) is 0.471. The zero-order valence-corrected chi connectivity index (χ0v) is 13.5. The molecule has 0 aliphatic carbocycles. The van der Waals surface area contributed by atoms with Crippen molar-refractivity contribution in [3.8, 4) is 11.5 Å². The molecule has 0 spiro atoms. The lowest BCUT2D eigenvalue weighted by molar-refractivity contribution is -0.137. The lowest BCUT2D eigenvalue weighted by Gasteiger charge is -2.27. The van der Waals surface area contributed by atoms with Gasteiger partial charge in [-0.3, -0.25) is 14.4 Å². The van der Waals surface area contributed by atoms with Gasteiger partial charge in [-0.25, -0.2) is 0 Å². The predicted octanol–water partition coefficient (Wildman–Crippen LogP) is 1.09. The molecular formula is C17H19NO6. The van der Waals surface area contributed by atoms with Crippen molar-refractivity contribution in [3.63, 3.8) is 0 Å². The molecule has 7 heteroatoms. The van der Waals surface area contributed by atoms with Gasteiger partial charge in [0.25, 0.3) is 5.91 Å². The zero-order valence-electron chi connectivity index (χ0n) is 13.5. The number of fused-ring (bicyclic) bond motifs is 1. The van der Waals surface area contributed by atoms with Gasteiger partial charge < -0.3 is 19.1 Å². The molecule has 0 radical (unpaired) electrons. The smallest absolute Gasteiger partial charge is 0.260 e. The third kappa shape index (κ3) is 3.26. The Hall–Kier alpha value is -2.41. The summed E-state index contributed by atoms with van der Waals surface area (Å²) in [5.41, 5.74) is 0.605. The number of ether oxygens (including phenoxy) is 3. The van der Waals surface area contributed by atoms with Gasteiger partial charge >= 0.3 is 0 Å². The monoisotopic (exact) mass is 333 g/mol. The molecule has 24 heavy (non-hydrogen) atoms. The molecule has 0 bridgehead atoms. The van der Waals surface area contributed by atoms with E-state index >= 15 is 0 Å². The van der Waals surface area contributed by atoms with Crippen LogP contribution in [0.4, 0.5) is 0 Å². The van der Waals surface area contributed by atoms with Crippen LogP contribution in [0.1, 0.15) is 34.1 Å². The van der Waals surface area contributed by atoms with E-state index in [0.29, 0.717) is 31.9 Å². The van der Waals surface area contributed by atoms with Gasteiger partial charge in [0, 0.05) is 19.5 Å². The average molecular weight is 333 g/mol. The van der Waals surface area contributed by atoms with E-state index in [-0.39, 0.29) is 54.2 Å². The van der Waals surface area contributed by atoms with E-state index < -0.39 is 0 Å². The summed E-state index contributed by atoms with van der Waals surface area (Å²) in [6, 6.07) is 3.11. The largest absolute Gasteiger partial charge is 0.491 e. The van der Waals surface area contributed by atoms with Crippen LogP contribution in [-0.4, -0.2) is 61.9 Å². The van der Waals surface area contributed by atoms with Crippen LogP contribution in [0, 0.1) is 0 Å². The lowest BCUT2D eigenvalue weighted by atomic mass is 9.98. The van der Waals surface area contributed by atoms with Crippen LogP contribution >= 0.6 is 0 Å². The van der Waals surface area contributed by atoms with Crippen LogP contribution in [-0.2, 0) is 9.53 Å². The Balaban J connectivity index is 1.79. The Kier molecular flexibility index (Phi) is 4.80. The molecule has 3 rings (SSSR count). The third-order valence-corrected chi connectivity index (χ3v) is 4.07. The number of amides is 1. The summed E-state index contributed by atoms with van der Waals surface area (Å²) >= 11 is 0. The van der Waals surface area contributed by atoms with Gasteiger partial charge in [0.1, 0.15) is 17.1 Å². The summed E-state index contributed by atoms with van der Waals surface area (Å²) in [4.78, 5) is 37.8. The van der Waals surface area contributed by atoms with Crippen molar-refractivity contribution in [1.82, 2.24) is 4.90 Å². The Morgan fingerprint density at radius 3 is 2.67 bits per heavy atom. The Labute approximate surface area is 139 Å². The minimum absolute atomic E-state index is 0.145. The summed E-state index contributed by atoms with van der Waals surface area (Å²) in [6.45, 7) is 3.58. The normalized spacial score (nSPS) is 17.0. The van der Waals surface area contributed by atoms with Crippen LogP contribution in [0.2, 0.25) is 0 Å². The first kappa shape index (κ1) is 16.4. The molecule has 1 saturated heterocycles. The molecular weight excluding hydrogens is 314 g/mol. The van der Waals surface area contributed by atoms with Crippen LogP contribution in [0.25, 0.3) is 0 Å². The second kappa shape index (κ2) is 7.00. The second-order valence-electron chi connectivity index (χ2n) is 5.68. The first-order chi connectivity index (χ1) is 11.6. The van der Waals surface area contributed by atoms with Crippen molar-refractivity contribution in [1.29, 1.82) is 0 Å². The van der Waals surface area contributed by atoms with Crippen molar-refractivity contribution < 1.29 is 28.6 Å². The highest BCUT2D eigenvalue weighted by molar-refractivity contribution is 6.07. The SMILES string of the molecule is CC(=O)c1ccc(OCC(=O)N2CCOCC2)c2c1OCCC2=O. The van der Waals surface area contributed by atoms with Gasteiger partial charge in [-0.1, -0.05) is 0 Å². The molecule has 0 unspecified atom stereocenters. The van der Waals surface area contributed by atoms with E-state index in [9.17, 15) is 14.4 Å². The van der Waals surface area contributed by atoms with Crippen molar-refractivity contribution in [2.24, 2.45) is 0 Å². The van der Waals surface area contributed by atoms with Gasteiger partial charge in [-0.15, -0.1) is 0 Å². The molecule has 0 saturated carbocycles. The lowest BCUT2D eigenvalue weighted by Crippen LogP contribution is -2.43. The minimum atomic E-state index is -0.183. The van der Waals surface area contributed by atoms with Crippen LogP contribution in [0.5, 0.6) is 11.5 Å². The number of nitrogens with zero attached hydrogens (tertiary/aromatic N) is 1. The number of rotatable bonds is 4. The van der Waals surface area contributed by atoms with Gasteiger partial charge in [0.05, 0.1) is 25.4 Å². The highest BCUT2D eigenvalue weighted by atomic mass is 16.5. The van der Waals surface area contributed by atoms with Gasteiger partial charge in [-0.2, -0.15) is 0 Å². The van der Waals surface area contributed by atoms with E-state index in [4.69, 9.17) is 14.2 Å². The van der Waals surface area contributed by atoms with Gasteiger partial charge in [0.2, 0.25) is 0 Å². The number of hydrogen-bond acceptors (Lipinski definition) is 6. The minimum Gasteiger partial charge on any atom is -0.491 e. The van der Waals surface area contributed by atoms with Crippen molar-refractivity contribution in [2.75, 3.05) is 39.5 Å². The third-order valence-electron chi connectivity index (χ3n) is 4.07. The highest BCUT2D eigenvalue weighted by Crippen LogP contribution is 2.36. The Bertz CT molecular complexity index is 678. The number of Topliss-reactive ketones (excluding diaryl/α,β-unsaturated/α-hetero) is 2. The van der Waals surface area contributed by atoms with Crippen LogP contribution in [0.3, 0.4) is 0 Å². The molecule has 7 nitrogen and oxygen atoms in total. The van der Waals surface area contributed by atoms with Crippen molar-refractivity contribution in [2.45, 2.75) is 13.3 Å². The highest BCUT2D eigenvalue weighted by Gasteiger charge is 2.28. The molecule has 1 fully saturated rings. The van der Waals surface area contributed by atoms with E-state index in [1.54, 1.807) is 17.0 Å². The maximum atomic E-state index is 12.2. The Morgan fingerprint density at radius 2 is 1.96 bits per heavy atom. The van der Waals surface area contributed by atoms with E-state index in [1.165, 1.54) is 6.92 Å². The molecule has 0 aromatic heterocycles. The predicted molar refractivity (Wildman–Crippen MR) is 83.8 cm³/mol. The quantitative estimate of drug-likeness (QED) is 0.767. The van der Waals surface area contributed by atoms with E-state index in [1.807, 2.05) is 0 Å². The first-order valence-corrected chi connectivity index (χ1v) is 7.90. The van der Waals surface area contributed by atoms with Gasteiger partial charge in [0.15, 0.2) is 18.2 Å². The molecule has 0 atom stereocenters. The van der Waals surface area contributed by atoms with Crippen LogP contribution in [0.15, 0.2) is 12.1 Å². The standard InChI is InChI=1S/C17H19NO6/c1-11(19)12-2-3-14(16-13(20)4-7-23-17(12)16)24-10-15(21)18-5-8-22-9-6-18/h2-3H,4-10H2,1H3. The maximum absolute atomic E-state index is 12.2.